The zero-order valence-corrected chi connectivity index (χ0v) is 21.6. The molecule has 0 radical (unpaired) electrons. The van der Waals surface area contributed by atoms with Crippen molar-refractivity contribution in [3.63, 3.8) is 0 Å². The van der Waals surface area contributed by atoms with Gasteiger partial charge < -0.3 is 15.6 Å². The number of hydrogen-bond acceptors (Lipinski definition) is 3. The second-order valence-electron chi connectivity index (χ2n) is 9.92. The average Bonchev–Trinajstić information content (AvgIpc) is 3.23. The first kappa shape index (κ1) is 25.9. The predicted octanol–water partition coefficient (Wildman–Crippen LogP) is 5.72. The lowest BCUT2D eigenvalue weighted by Crippen LogP contribution is -2.40. The lowest BCUT2D eigenvalue weighted by atomic mass is 9.87. The molecular weight excluding hydrogens is 468 g/mol. The Morgan fingerprint density at radius 3 is 2.58 bits per heavy atom. The molecule has 4 aromatic rings. The van der Waals surface area contributed by atoms with Gasteiger partial charge in [0.1, 0.15) is 5.65 Å². The lowest BCUT2D eigenvalue weighted by molar-refractivity contribution is -0.122. The van der Waals surface area contributed by atoms with Crippen molar-refractivity contribution in [2.24, 2.45) is 5.73 Å². The van der Waals surface area contributed by atoms with Gasteiger partial charge in [0.2, 0.25) is 5.91 Å². The zero-order chi connectivity index (χ0) is 24.2. The van der Waals surface area contributed by atoms with Crippen LogP contribution in [0.5, 0.6) is 0 Å². The van der Waals surface area contributed by atoms with Crippen molar-refractivity contribution in [2.45, 2.75) is 63.6 Å². The maximum Gasteiger partial charge on any atom is 0.221 e. The van der Waals surface area contributed by atoms with E-state index in [0.29, 0.717) is 6.42 Å². The molecule has 1 atom stereocenters. The molecule has 1 aliphatic carbocycles. The van der Waals surface area contributed by atoms with E-state index in [9.17, 15) is 4.79 Å². The summed E-state index contributed by atoms with van der Waals surface area (Å²) >= 11 is 0. The number of pyridine rings is 1. The number of benzene rings is 2. The van der Waals surface area contributed by atoms with Gasteiger partial charge in [-0.25, -0.2) is 4.98 Å². The van der Waals surface area contributed by atoms with Gasteiger partial charge in [-0.2, -0.15) is 0 Å². The molecule has 2 heterocycles. The Morgan fingerprint density at radius 1 is 1.06 bits per heavy atom. The van der Waals surface area contributed by atoms with Crippen LogP contribution in [0.4, 0.5) is 0 Å². The van der Waals surface area contributed by atoms with Crippen molar-refractivity contribution in [2.75, 3.05) is 0 Å². The topological polar surface area (TPSA) is 72.9 Å². The molecule has 6 heteroatoms. The first-order valence-electron chi connectivity index (χ1n) is 12.7. The average molecular weight is 503 g/mol. The molecule has 1 unspecified atom stereocenters. The molecule has 188 valence electrons. The summed E-state index contributed by atoms with van der Waals surface area (Å²) in [6.45, 7) is 2.84. The standard InChI is InChI=1S/C30H34N4O.ClH/c1-21-7-5-10-23(17-21)27(18-29(35)33-25-14-12-24(31)13-15-25)28-20-34(19-22-8-3-2-4-9-22)30-26(28)11-6-16-32-30;/h2-11,16-17,20,24-25,27H,12-15,18-19,31H2,1H3,(H,33,35);1H. The minimum Gasteiger partial charge on any atom is -0.353 e. The Morgan fingerprint density at radius 2 is 1.83 bits per heavy atom. The summed E-state index contributed by atoms with van der Waals surface area (Å²) in [6.07, 6.45) is 8.33. The van der Waals surface area contributed by atoms with Crippen LogP contribution < -0.4 is 11.1 Å². The van der Waals surface area contributed by atoms with Gasteiger partial charge in [0.05, 0.1) is 0 Å². The Hall–Kier alpha value is -3.15. The van der Waals surface area contributed by atoms with Gasteiger partial charge in [-0.05, 0) is 61.4 Å². The van der Waals surface area contributed by atoms with E-state index in [2.05, 4.69) is 77.6 Å². The van der Waals surface area contributed by atoms with E-state index in [4.69, 9.17) is 10.7 Å². The highest BCUT2D eigenvalue weighted by Gasteiger charge is 2.26. The second-order valence-corrected chi connectivity index (χ2v) is 9.92. The largest absolute Gasteiger partial charge is 0.353 e. The molecule has 2 aromatic heterocycles. The van der Waals surface area contributed by atoms with Crippen LogP contribution >= 0.6 is 12.4 Å². The van der Waals surface area contributed by atoms with E-state index in [-0.39, 0.29) is 36.3 Å². The third kappa shape index (κ3) is 5.97. The van der Waals surface area contributed by atoms with E-state index >= 15 is 0 Å². The van der Waals surface area contributed by atoms with Gasteiger partial charge in [0.25, 0.3) is 0 Å². The van der Waals surface area contributed by atoms with Crippen LogP contribution in [0.2, 0.25) is 0 Å². The molecule has 3 N–H and O–H groups in total. The van der Waals surface area contributed by atoms with Crippen molar-refractivity contribution in [1.82, 2.24) is 14.9 Å². The normalized spacial score (nSPS) is 18.4. The van der Waals surface area contributed by atoms with E-state index in [0.717, 1.165) is 54.4 Å². The number of carbonyl (C=O) groups excluding carboxylic acids is 1. The fourth-order valence-electron chi connectivity index (χ4n) is 5.36. The fourth-order valence-corrected chi connectivity index (χ4v) is 5.36. The summed E-state index contributed by atoms with van der Waals surface area (Å²) in [5, 5.41) is 4.40. The van der Waals surface area contributed by atoms with Crippen LogP contribution in [0, 0.1) is 6.92 Å². The van der Waals surface area contributed by atoms with E-state index in [1.807, 2.05) is 18.3 Å². The van der Waals surface area contributed by atoms with Crippen LogP contribution in [0.1, 0.15) is 60.3 Å². The molecule has 0 bridgehead atoms. The van der Waals surface area contributed by atoms with E-state index in [1.165, 1.54) is 11.1 Å². The summed E-state index contributed by atoms with van der Waals surface area (Å²) in [7, 11) is 0. The van der Waals surface area contributed by atoms with Crippen LogP contribution in [0.25, 0.3) is 11.0 Å². The highest BCUT2D eigenvalue weighted by atomic mass is 35.5. The molecule has 5 rings (SSSR count). The number of rotatable bonds is 7. The van der Waals surface area contributed by atoms with Gasteiger partial charge in [-0.3, -0.25) is 4.79 Å². The summed E-state index contributed by atoms with van der Waals surface area (Å²) in [5.41, 5.74) is 11.7. The summed E-state index contributed by atoms with van der Waals surface area (Å²) in [4.78, 5) is 18.0. The molecule has 0 spiro atoms. The minimum absolute atomic E-state index is 0. The Bertz CT molecular complexity index is 1290. The fraction of sp³-hybridized carbons (Fsp3) is 0.333. The molecule has 1 aliphatic rings. The van der Waals surface area contributed by atoms with Crippen molar-refractivity contribution in [3.05, 3.63) is 101 Å². The highest BCUT2D eigenvalue weighted by Crippen LogP contribution is 2.35. The number of amides is 1. The molecule has 1 saturated carbocycles. The zero-order valence-electron chi connectivity index (χ0n) is 20.8. The third-order valence-electron chi connectivity index (χ3n) is 7.21. The number of carbonyl (C=O) groups is 1. The van der Waals surface area contributed by atoms with E-state index in [1.54, 1.807) is 0 Å². The predicted molar refractivity (Wildman–Crippen MR) is 149 cm³/mol. The van der Waals surface area contributed by atoms with E-state index < -0.39 is 0 Å². The first-order valence-corrected chi connectivity index (χ1v) is 12.7. The molecular formula is C30H35ClN4O. The number of nitrogens with one attached hydrogen (secondary N) is 1. The number of hydrogen-bond donors (Lipinski definition) is 2. The number of halogens is 1. The highest BCUT2D eigenvalue weighted by molar-refractivity contribution is 5.85. The number of aromatic nitrogens is 2. The Labute approximate surface area is 219 Å². The van der Waals surface area contributed by atoms with Gasteiger partial charge in [-0.15, -0.1) is 12.4 Å². The number of aryl methyl sites for hydroxylation is 1. The van der Waals surface area contributed by atoms with Crippen molar-refractivity contribution < 1.29 is 4.79 Å². The molecule has 1 fully saturated rings. The number of fused-ring (bicyclic) bond motifs is 1. The van der Waals surface area contributed by atoms with Gasteiger partial charge in [0.15, 0.2) is 0 Å². The smallest absolute Gasteiger partial charge is 0.221 e. The quantitative estimate of drug-likeness (QED) is 0.339. The van der Waals surface area contributed by atoms with Gasteiger partial charge in [-0.1, -0.05) is 60.2 Å². The molecule has 5 nitrogen and oxygen atoms in total. The molecule has 2 aromatic carbocycles. The second kappa shape index (κ2) is 11.7. The van der Waals surface area contributed by atoms with Crippen LogP contribution in [-0.2, 0) is 11.3 Å². The SMILES string of the molecule is Cc1cccc(C(CC(=O)NC2CCC(N)CC2)c2cn(Cc3ccccc3)c3ncccc23)c1.Cl. The van der Waals surface area contributed by atoms with Crippen LogP contribution in [0.3, 0.4) is 0 Å². The minimum atomic E-state index is -0.0514. The Balaban J connectivity index is 0.00000304. The van der Waals surface area contributed by atoms with Gasteiger partial charge in [0, 0.05) is 48.7 Å². The monoisotopic (exact) mass is 502 g/mol. The number of nitrogens with two attached hydrogens (primary N) is 1. The van der Waals surface area contributed by atoms with Crippen molar-refractivity contribution in [1.29, 1.82) is 0 Å². The molecule has 0 saturated heterocycles. The maximum atomic E-state index is 13.3. The molecule has 0 aliphatic heterocycles. The third-order valence-corrected chi connectivity index (χ3v) is 7.21. The summed E-state index contributed by atoms with van der Waals surface area (Å²) < 4.78 is 2.21. The van der Waals surface area contributed by atoms with Crippen molar-refractivity contribution in [3.8, 4) is 0 Å². The maximum absolute atomic E-state index is 13.3. The lowest BCUT2D eigenvalue weighted by Gasteiger charge is -2.27. The Kier molecular flexibility index (Phi) is 8.44. The van der Waals surface area contributed by atoms with Crippen LogP contribution in [0.15, 0.2) is 79.1 Å². The number of nitrogens with zero attached hydrogens (tertiary/aromatic N) is 2. The first-order chi connectivity index (χ1) is 17.1. The summed E-state index contributed by atoms with van der Waals surface area (Å²) in [6, 6.07) is 23.6. The molecule has 36 heavy (non-hydrogen) atoms. The summed E-state index contributed by atoms with van der Waals surface area (Å²) in [5.74, 6) is 0.0503. The van der Waals surface area contributed by atoms with Crippen LogP contribution in [-0.4, -0.2) is 27.5 Å². The molecule has 1 amide bonds. The van der Waals surface area contributed by atoms with Crippen molar-refractivity contribution >= 4 is 29.3 Å². The van der Waals surface area contributed by atoms with Gasteiger partial charge >= 0.3 is 0 Å².